The van der Waals surface area contributed by atoms with Gasteiger partial charge in [0.1, 0.15) is 22.7 Å². The van der Waals surface area contributed by atoms with E-state index >= 15 is 0 Å². The normalized spacial score (nSPS) is 16.9. The number of hydrogen-bond donors (Lipinski definition) is 1. The molecule has 11 heteroatoms. The van der Waals surface area contributed by atoms with Gasteiger partial charge < -0.3 is 19.0 Å². The number of aliphatic carboxylic acids is 1. The van der Waals surface area contributed by atoms with Gasteiger partial charge in [0.15, 0.2) is 0 Å². The van der Waals surface area contributed by atoms with E-state index in [1.165, 1.54) is 42.2 Å². The first-order valence-corrected chi connectivity index (χ1v) is 12.7. The first kappa shape index (κ1) is 25.1. The van der Waals surface area contributed by atoms with Crippen molar-refractivity contribution < 1.29 is 23.8 Å². The molecule has 194 valence electrons. The molecule has 5 rings (SSSR count). The fraction of sp³-hybridized carbons (Fsp3) is 0.385. The second-order valence-electron chi connectivity index (χ2n) is 9.49. The lowest BCUT2D eigenvalue weighted by molar-refractivity contribution is -0.146. The molecule has 1 saturated heterocycles. The largest absolute Gasteiger partial charge is 0.480 e. The highest BCUT2D eigenvalue weighted by molar-refractivity contribution is 7.22. The first-order valence-electron chi connectivity index (χ1n) is 11.9. The van der Waals surface area contributed by atoms with Crippen LogP contribution in [0.25, 0.3) is 21.0 Å². The van der Waals surface area contributed by atoms with Gasteiger partial charge in [0.05, 0.1) is 35.7 Å². The van der Waals surface area contributed by atoms with Crippen molar-refractivity contribution in [2.45, 2.75) is 51.5 Å². The molecule has 0 bridgehead atoms. The highest BCUT2D eigenvalue weighted by atomic mass is 32.1. The third-order valence-corrected chi connectivity index (χ3v) is 7.99. The average molecular weight is 526 g/mol. The number of aryl methyl sites for hydroxylation is 1. The Balaban J connectivity index is 1.75. The van der Waals surface area contributed by atoms with E-state index in [4.69, 9.17) is 13.9 Å². The summed E-state index contributed by atoms with van der Waals surface area (Å²) in [6, 6.07) is 9.50. The third kappa shape index (κ3) is 4.43. The van der Waals surface area contributed by atoms with Crippen LogP contribution in [0, 0.1) is 6.92 Å². The van der Waals surface area contributed by atoms with Gasteiger partial charge in [0.2, 0.25) is 5.89 Å². The molecular weight excluding hydrogens is 498 g/mol. The second-order valence-corrected chi connectivity index (χ2v) is 10.5. The summed E-state index contributed by atoms with van der Waals surface area (Å²) in [4.78, 5) is 45.0. The van der Waals surface area contributed by atoms with Crippen LogP contribution in [0.2, 0.25) is 0 Å². The van der Waals surface area contributed by atoms with Crippen molar-refractivity contribution in [3.05, 3.63) is 74.8 Å². The van der Waals surface area contributed by atoms with E-state index in [0.717, 1.165) is 16.6 Å². The van der Waals surface area contributed by atoms with Gasteiger partial charge in [-0.1, -0.05) is 30.3 Å². The summed E-state index contributed by atoms with van der Waals surface area (Å²) in [7, 11) is 0. The Morgan fingerprint density at radius 2 is 2.05 bits per heavy atom. The first-order chi connectivity index (χ1) is 17.7. The SMILES string of the molecule is Cc1c(-c2ncco2)sc2c1c(=O)n(C(C)(C)C(=O)O)c(=O)n2CC(O[C@@H]1CCOC1)c1ccccc1. The maximum absolute atomic E-state index is 13.9. The quantitative estimate of drug-likeness (QED) is 0.370. The molecule has 0 amide bonds. The van der Waals surface area contributed by atoms with Gasteiger partial charge in [-0.15, -0.1) is 11.3 Å². The summed E-state index contributed by atoms with van der Waals surface area (Å²) in [6.07, 6.45) is 2.97. The Morgan fingerprint density at radius 3 is 2.68 bits per heavy atom. The van der Waals surface area contributed by atoms with Gasteiger partial charge in [0.25, 0.3) is 5.56 Å². The van der Waals surface area contributed by atoms with E-state index in [-0.39, 0.29) is 18.0 Å². The van der Waals surface area contributed by atoms with Crippen molar-refractivity contribution in [1.29, 1.82) is 0 Å². The average Bonchev–Trinajstić information content (AvgIpc) is 3.63. The predicted octanol–water partition coefficient (Wildman–Crippen LogP) is 3.55. The van der Waals surface area contributed by atoms with Crippen LogP contribution < -0.4 is 11.2 Å². The molecule has 0 aliphatic carbocycles. The Kier molecular flexibility index (Phi) is 6.61. The van der Waals surface area contributed by atoms with Gasteiger partial charge >= 0.3 is 11.7 Å². The number of aromatic nitrogens is 3. The molecular formula is C26H27N3O7S. The van der Waals surface area contributed by atoms with Crippen LogP contribution in [0.3, 0.4) is 0 Å². The molecule has 0 spiro atoms. The molecule has 4 heterocycles. The number of carboxylic acid groups (broad SMARTS) is 1. The number of nitrogens with zero attached hydrogens (tertiary/aromatic N) is 3. The summed E-state index contributed by atoms with van der Waals surface area (Å²) < 4.78 is 19.6. The molecule has 10 nitrogen and oxygen atoms in total. The number of ether oxygens (including phenoxy) is 2. The minimum Gasteiger partial charge on any atom is -0.480 e. The molecule has 1 aliphatic heterocycles. The fourth-order valence-corrected chi connectivity index (χ4v) is 5.79. The summed E-state index contributed by atoms with van der Waals surface area (Å²) in [6.45, 7) is 5.53. The lowest BCUT2D eigenvalue weighted by atomic mass is 10.1. The number of rotatable bonds is 8. The summed E-state index contributed by atoms with van der Waals surface area (Å²) >= 11 is 1.21. The zero-order valence-electron chi connectivity index (χ0n) is 20.7. The van der Waals surface area contributed by atoms with E-state index in [1.54, 1.807) is 6.92 Å². The zero-order chi connectivity index (χ0) is 26.3. The van der Waals surface area contributed by atoms with Crippen LogP contribution in [0.1, 0.15) is 37.5 Å². The van der Waals surface area contributed by atoms with Crippen LogP contribution in [-0.2, 0) is 26.4 Å². The number of fused-ring (bicyclic) bond motifs is 1. The van der Waals surface area contributed by atoms with Gasteiger partial charge in [0, 0.05) is 6.61 Å². The molecule has 1 aromatic carbocycles. The predicted molar refractivity (Wildman–Crippen MR) is 137 cm³/mol. The highest BCUT2D eigenvalue weighted by Crippen LogP contribution is 2.36. The lowest BCUT2D eigenvalue weighted by Gasteiger charge is -2.26. The van der Waals surface area contributed by atoms with Crippen molar-refractivity contribution >= 4 is 27.5 Å². The number of oxazole rings is 1. The second kappa shape index (κ2) is 9.73. The van der Waals surface area contributed by atoms with Crippen molar-refractivity contribution in [3.8, 4) is 10.8 Å². The van der Waals surface area contributed by atoms with Crippen LogP contribution in [0.5, 0.6) is 0 Å². The van der Waals surface area contributed by atoms with Crippen LogP contribution >= 0.6 is 11.3 Å². The van der Waals surface area contributed by atoms with Gasteiger partial charge in [-0.25, -0.2) is 19.1 Å². The third-order valence-electron chi connectivity index (χ3n) is 6.69. The molecule has 3 aromatic heterocycles. The summed E-state index contributed by atoms with van der Waals surface area (Å²) in [5, 5.41) is 10.2. The van der Waals surface area contributed by atoms with Gasteiger partial charge in [-0.3, -0.25) is 9.36 Å². The minimum absolute atomic E-state index is 0.0663. The van der Waals surface area contributed by atoms with Crippen LogP contribution in [0.4, 0.5) is 0 Å². The smallest absolute Gasteiger partial charge is 0.333 e. The zero-order valence-corrected chi connectivity index (χ0v) is 21.5. The number of thiophene rings is 1. The molecule has 1 unspecified atom stereocenters. The van der Waals surface area contributed by atoms with Crippen molar-refractivity contribution in [2.24, 2.45) is 0 Å². The highest BCUT2D eigenvalue weighted by Gasteiger charge is 2.36. The van der Waals surface area contributed by atoms with Gasteiger partial charge in [-0.05, 0) is 38.3 Å². The number of carboxylic acids is 1. The Bertz CT molecular complexity index is 1550. The van der Waals surface area contributed by atoms with E-state index in [9.17, 15) is 19.5 Å². The van der Waals surface area contributed by atoms with Crippen LogP contribution in [-0.4, -0.2) is 44.5 Å². The molecule has 0 saturated carbocycles. The Labute approximate surface area is 215 Å². The monoisotopic (exact) mass is 525 g/mol. The minimum atomic E-state index is -1.79. The number of carbonyl (C=O) groups is 1. The van der Waals surface area contributed by atoms with Crippen molar-refractivity contribution in [1.82, 2.24) is 14.1 Å². The standard InChI is InChI=1S/C26H27N3O7S/c1-15-19-22(30)29(26(2,3)24(31)32)25(33)28(23(19)37-20(15)21-27-10-12-35-21)13-18(16-7-5-4-6-8-16)36-17-9-11-34-14-17/h4-8,10,12,17-18H,9,11,13-14H2,1-3H3,(H,31,32)/t17-,18?/m1/s1. The Morgan fingerprint density at radius 1 is 1.30 bits per heavy atom. The Hall–Kier alpha value is -3.54. The molecule has 1 aliphatic rings. The molecule has 2 atom stereocenters. The molecule has 1 fully saturated rings. The van der Waals surface area contributed by atoms with Crippen molar-refractivity contribution in [3.63, 3.8) is 0 Å². The number of hydrogen-bond acceptors (Lipinski definition) is 8. The van der Waals surface area contributed by atoms with E-state index in [1.807, 2.05) is 30.3 Å². The molecule has 4 aromatic rings. The molecule has 1 N–H and O–H groups in total. The topological polar surface area (TPSA) is 126 Å². The summed E-state index contributed by atoms with van der Waals surface area (Å²) in [5.74, 6) is -0.975. The van der Waals surface area contributed by atoms with Gasteiger partial charge in [-0.2, -0.15) is 0 Å². The van der Waals surface area contributed by atoms with E-state index < -0.39 is 28.9 Å². The lowest BCUT2D eigenvalue weighted by Crippen LogP contribution is -2.52. The van der Waals surface area contributed by atoms with E-state index in [2.05, 4.69) is 4.98 Å². The van der Waals surface area contributed by atoms with Crippen molar-refractivity contribution in [2.75, 3.05) is 13.2 Å². The fourth-order valence-electron chi connectivity index (χ4n) is 4.55. The van der Waals surface area contributed by atoms with Crippen LogP contribution in [0.15, 0.2) is 56.8 Å². The van der Waals surface area contributed by atoms with E-state index in [0.29, 0.717) is 34.4 Å². The molecule has 37 heavy (non-hydrogen) atoms. The summed E-state index contributed by atoms with van der Waals surface area (Å²) in [5.41, 5.74) is -1.76. The number of benzene rings is 1. The molecule has 0 radical (unpaired) electrons. The maximum Gasteiger partial charge on any atom is 0.333 e. The maximum atomic E-state index is 13.9.